The smallest absolute Gasteiger partial charge is 0.222 e. The summed E-state index contributed by atoms with van der Waals surface area (Å²) in [5.74, 6) is 2.83. The van der Waals surface area contributed by atoms with E-state index in [-0.39, 0.29) is 0 Å². The van der Waals surface area contributed by atoms with Gasteiger partial charge in [-0.3, -0.25) is 4.79 Å². The third-order valence-electron chi connectivity index (χ3n) is 5.22. The molecule has 3 rings (SSSR count). The number of nitrogens with one attached hydrogen (secondary N) is 1. The number of rotatable bonds is 4. The van der Waals surface area contributed by atoms with Gasteiger partial charge in [0.1, 0.15) is 0 Å². The molecule has 0 aromatic rings. The SMILES string of the molecule is O=C(CCCC1CCCC1)N1C[C@H]2CNC[C@H]2C1. The second-order valence-corrected chi connectivity index (χ2v) is 6.52. The summed E-state index contributed by atoms with van der Waals surface area (Å²) in [7, 11) is 0. The number of hydrogen-bond donors (Lipinski definition) is 1. The van der Waals surface area contributed by atoms with Crippen LogP contribution in [-0.2, 0) is 4.79 Å². The van der Waals surface area contributed by atoms with Crippen molar-refractivity contribution in [2.75, 3.05) is 26.2 Å². The van der Waals surface area contributed by atoms with Crippen LogP contribution in [0.5, 0.6) is 0 Å². The first-order valence-corrected chi connectivity index (χ1v) is 7.81. The van der Waals surface area contributed by atoms with Crippen molar-refractivity contribution in [1.82, 2.24) is 10.2 Å². The number of nitrogens with zero attached hydrogens (tertiary/aromatic N) is 1. The minimum atomic E-state index is 0.419. The topological polar surface area (TPSA) is 32.3 Å². The predicted octanol–water partition coefficient (Wildman–Crippen LogP) is 2.02. The van der Waals surface area contributed by atoms with Gasteiger partial charge in [-0.2, -0.15) is 0 Å². The molecular weight excluding hydrogens is 224 g/mol. The van der Waals surface area contributed by atoms with Crippen LogP contribution in [0.2, 0.25) is 0 Å². The van der Waals surface area contributed by atoms with Crippen LogP contribution in [0.4, 0.5) is 0 Å². The lowest BCUT2D eigenvalue weighted by Gasteiger charge is -2.18. The zero-order valence-electron chi connectivity index (χ0n) is 11.4. The summed E-state index contributed by atoms with van der Waals surface area (Å²) in [6, 6.07) is 0. The Bertz CT molecular complexity index is 287. The Balaban J connectivity index is 1.36. The van der Waals surface area contributed by atoms with Gasteiger partial charge < -0.3 is 10.2 Å². The normalized spacial score (nSPS) is 32.1. The van der Waals surface area contributed by atoms with E-state index in [0.29, 0.717) is 5.91 Å². The molecule has 2 saturated heterocycles. The van der Waals surface area contributed by atoms with E-state index in [0.717, 1.165) is 56.8 Å². The number of carbonyl (C=O) groups is 1. The van der Waals surface area contributed by atoms with Gasteiger partial charge in [-0.25, -0.2) is 0 Å². The zero-order chi connectivity index (χ0) is 12.4. The van der Waals surface area contributed by atoms with Crippen LogP contribution in [-0.4, -0.2) is 37.0 Å². The molecule has 1 saturated carbocycles. The fourth-order valence-corrected chi connectivity index (χ4v) is 4.06. The number of hydrogen-bond acceptors (Lipinski definition) is 2. The first-order chi connectivity index (χ1) is 8.83. The summed E-state index contributed by atoms with van der Waals surface area (Å²) < 4.78 is 0. The highest BCUT2D eigenvalue weighted by Gasteiger charge is 2.37. The van der Waals surface area contributed by atoms with E-state index in [1.54, 1.807) is 0 Å². The zero-order valence-corrected chi connectivity index (χ0v) is 11.4. The second-order valence-electron chi connectivity index (χ2n) is 6.52. The largest absolute Gasteiger partial charge is 0.342 e. The lowest BCUT2D eigenvalue weighted by atomic mass is 10.0. The summed E-state index contributed by atoms with van der Waals surface area (Å²) in [6.07, 6.45) is 8.86. The predicted molar refractivity (Wildman–Crippen MR) is 72.2 cm³/mol. The Morgan fingerprint density at radius 1 is 1.11 bits per heavy atom. The third-order valence-corrected chi connectivity index (χ3v) is 5.22. The molecule has 18 heavy (non-hydrogen) atoms. The third kappa shape index (κ3) is 2.71. The van der Waals surface area contributed by atoms with E-state index in [2.05, 4.69) is 10.2 Å². The minimum Gasteiger partial charge on any atom is -0.342 e. The number of amides is 1. The molecule has 3 heteroatoms. The van der Waals surface area contributed by atoms with E-state index < -0.39 is 0 Å². The highest BCUT2D eigenvalue weighted by Crippen LogP contribution is 2.30. The van der Waals surface area contributed by atoms with Crippen molar-refractivity contribution < 1.29 is 4.79 Å². The highest BCUT2D eigenvalue weighted by atomic mass is 16.2. The molecule has 1 aliphatic carbocycles. The monoisotopic (exact) mass is 250 g/mol. The summed E-state index contributed by atoms with van der Waals surface area (Å²) in [5.41, 5.74) is 0. The first-order valence-electron chi connectivity index (χ1n) is 7.81. The molecule has 102 valence electrons. The molecule has 1 amide bonds. The van der Waals surface area contributed by atoms with Gasteiger partial charge >= 0.3 is 0 Å². The maximum atomic E-state index is 12.2. The van der Waals surface area contributed by atoms with Crippen LogP contribution in [0.3, 0.4) is 0 Å². The van der Waals surface area contributed by atoms with Crippen molar-refractivity contribution in [2.24, 2.45) is 17.8 Å². The summed E-state index contributed by atoms with van der Waals surface area (Å²) in [5, 5.41) is 3.43. The molecule has 2 atom stereocenters. The van der Waals surface area contributed by atoms with E-state index in [4.69, 9.17) is 0 Å². The van der Waals surface area contributed by atoms with Crippen molar-refractivity contribution in [3.05, 3.63) is 0 Å². The van der Waals surface area contributed by atoms with E-state index in [1.165, 1.54) is 32.1 Å². The van der Waals surface area contributed by atoms with Gasteiger partial charge in [0.05, 0.1) is 0 Å². The lowest BCUT2D eigenvalue weighted by molar-refractivity contribution is -0.130. The second kappa shape index (κ2) is 5.60. The molecule has 3 aliphatic rings. The van der Waals surface area contributed by atoms with Crippen molar-refractivity contribution >= 4 is 5.91 Å². The van der Waals surface area contributed by atoms with Gasteiger partial charge in [0.15, 0.2) is 0 Å². The first kappa shape index (κ1) is 12.5. The molecule has 3 fully saturated rings. The van der Waals surface area contributed by atoms with Crippen LogP contribution in [0.1, 0.15) is 44.9 Å². The Morgan fingerprint density at radius 2 is 1.78 bits per heavy atom. The molecule has 1 N–H and O–H groups in total. The Labute approximate surface area is 110 Å². The molecule has 0 unspecified atom stereocenters. The van der Waals surface area contributed by atoms with E-state index in [9.17, 15) is 4.79 Å². The maximum Gasteiger partial charge on any atom is 0.222 e. The van der Waals surface area contributed by atoms with Gasteiger partial charge in [0.25, 0.3) is 0 Å². The quantitative estimate of drug-likeness (QED) is 0.828. The van der Waals surface area contributed by atoms with Gasteiger partial charge in [-0.05, 0) is 30.6 Å². The van der Waals surface area contributed by atoms with Crippen LogP contribution in [0.25, 0.3) is 0 Å². The van der Waals surface area contributed by atoms with Crippen LogP contribution in [0, 0.1) is 17.8 Å². The Hall–Kier alpha value is -0.570. The molecule has 0 bridgehead atoms. The Morgan fingerprint density at radius 3 is 2.44 bits per heavy atom. The molecule has 2 heterocycles. The van der Waals surface area contributed by atoms with Crippen LogP contribution >= 0.6 is 0 Å². The molecule has 0 aromatic carbocycles. The van der Waals surface area contributed by atoms with Gasteiger partial charge in [0.2, 0.25) is 5.91 Å². The van der Waals surface area contributed by atoms with Gasteiger partial charge in [-0.15, -0.1) is 0 Å². The lowest BCUT2D eigenvalue weighted by Crippen LogP contribution is -2.31. The molecule has 0 spiro atoms. The summed E-state index contributed by atoms with van der Waals surface area (Å²) >= 11 is 0. The average Bonchev–Trinajstić information content (AvgIpc) is 3.04. The Kier molecular flexibility index (Phi) is 3.88. The van der Waals surface area contributed by atoms with E-state index >= 15 is 0 Å². The molecule has 3 nitrogen and oxygen atoms in total. The fourth-order valence-electron chi connectivity index (χ4n) is 4.06. The molecule has 0 aromatic heterocycles. The highest BCUT2D eigenvalue weighted by molar-refractivity contribution is 5.76. The van der Waals surface area contributed by atoms with Crippen molar-refractivity contribution in [2.45, 2.75) is 44.9 Å². The van der Waals surface area contributed by atoms with Crippen LogP contribution in [0.15, 0.2) is 0 Å². The van der Waals surface area contributed by atoms with Gasteiger partial charge in [0, 0.05) is 32.6 Å². The number of fused-ring (bicyclic) bond motifs is 1. The van der Waals surface area contributed by atoms with Crippen molar-refractivity contribution in [3.8, 4) is 0 Å². The molecular formula is C15H26N2O. The average molecular weight is 250 g/mol. The summed E-state index contributed by atoms with van der Waals surface area (Å²) in [6.45, 7) is 4.27. The number of carbonyl (C=O) groups excluding carboxylic acids is 1. The molecule has 2 aliphatic heterocycles. The van der Waals surface area contributed by atoms with E-state index in [1.807, 2.05) is 0 Å². The number of likely N-dealkylation sites (tertiary alicyclic amines) is 1. The standard InChI is InChI=1S/C15H26N2O/c18-15(7-3-6-12-4-1-2-5-12)17-10-13-8-16-9-14(13)11-17/h12-14,16H,1-11H2/t13-,14+. The van der Waals surface area contributed by atoms with Crippen molar-refractivity contribution in [3.63, 3.8) is 0 Å². The fraction of sp³-hybridized carbons (Fsp3) is 0.933. The maximum absolute atomic E-state index is 12.2. The molecule has 0 radical (unpaired) electrons. The van der Waals surface area contributed by atoms with Crippen LogP contribution < -0.4 is 5.32 Å². The van der Waals surface area contributed by atoms with Gasteiger partial charge in [-0.1, -0.05) is 25.7 Å². The summed E-state index contributed by atoms with van der Waals surface area (Å²) in [4.78, 5) is 14.3. The van der Waals surface area contributed by atoms with Crippen molar-refractivity contribution in [1.29, 1.82) is 0 Å². The minimum absolute atomic E-state index is 0.419.